The first-order valence-corrected chi connectivity index (χ1v) is 6.87. The minimum atomic E-state index is -0.164. The highest BCUT2D eigenvalue weighted by Crippen LogP contribution is 2.44. The van der Waals surface area contributed by atoms with Crippen molar-refractivity contribution in [2.75, 3.05) is 5.32 Å². The molecule has 0 saturated heterocycles. The van der Waals surface area contributed by atoms with E-state index in [0.29, 0.717) is 23.6 Å². The van der Waals surface area contributed by atoms with Gasteiger partial charge >= 0.3 is 6.03 Å². The van der Waals surface area contributed by atoms with Gasteiger partial charge in [-0.1, -0.05) is 0 Å². The van der Waals surface area contributed by atoms with Crippen molar-refractivity contribution in [3.63, 3.8) is 0 Å². The van der Waals surface area contributed by atoms with Crippen LogP contribution in [0, 0.1) is 11.8 Å². The lowest BCUT2D eigenvalue weighted by molar-refractivity contribution is 0.245. The Morgan fingerprint density at radius 3 is 2.42 bits per heavy atom. The summed E-state index contributed by atoms with van der Waals surface area (Å²) in [6.07, 6.45) is 6.58. The first kappa shape index (κ1) is 12.3. The molecule has 5 heteroatoms. The Bertz CT molecular complexity index is 532. The maximum absolute atomic E-state index is 12.0. The monoisotopic (exact) mass is 261 g/mol. The van der Waals surface area contributed by atoms with Crippen molar-refractivity contribution in [1.82, 2.24) is 9.88 Å². The molecule has 102 valence electrons. The Morgan fingerprint density at radius 1 is 1.26 bits per heavy atom. The highest BCUT2D eigenvalue weighted by atomic mass is 16.2. The number of urea groups is 1. The molecule has 0 aromatic carbocycles. The minimum absolute atomic E-state index is 0.0835. The summed E-state index contributed by atoms with van der Waals surface area (Å²) in [6.45, 7) is 0. The highest BCUT2D eigenvalue weighted by molar-refractivity contribution is 5.89. The number of carbonyl (C=O) groups excluding carboxylic acids is 1. The number of carbonyl (C=O) groups is 1. The molecule has 3 rings (SSSR count). The number of nitrogens with zero attached hydrogens (tertiary/aromatic N) is 1. The summed E-state index contributed by atoms with van der Waals surface area (Å²) in [6, 6.07) is 3.26. The van der Waals surface area contributed by atoms with Crippen molar-refractivity contribution < 1.29 is 4.79 Å². The second-order valence-corrected chi connectivity index (χ2v) is 5.67. The molecule has 5 nitrogen and oxygen atoms in total. The number of amides is 2. The third-order valence-electron chi connectivity index (χ3n) is 3.90. The molecule has 2 fully saturated rings. The first-order chi connectivity index (χ1) is 9.13. The van der Waals surface area contributed by atoms with Gasteiger partial charge in [-0.2, -0.15) is 0 Å². The summed E-state index contributed by atoms with van der Waals surface area (Å²) in [5.74, 6) is 1.36. The maximum Gasteiger partial charge on any atom is 0.319 e. The van der Waals surface area contributed by atoms with Crippen LogP contribution in [0.2, 0.25) is 0 Å². The molecule has 1 aromatic rings. The van der Waals surface area contributed by atoms with Crippen LogP contribution in [0.5, 0.6) is 0 Å². The molecule has 2 saturated carbocycles. The van der Waals surface area contributed by atoms with Gasteiger partial charge in [-0.15, -0.1) is 0 Å². The van der Waals surface area contributed by atoms with Crippen LogP contribution >= 0.6 is 0 Å². The van der Waals surface area contributed by atoms with Crippen molar-refractivity contribution in [3.05, 3.63) is 28.7 Å². The molecule has 0 atom stereocenters. The Hall–Kier alpha value is -1.78. The topological polar surface area (TPSA) is 63.1 Å². The van der Waals surface area contributed by atoms with Gasteiger partial charge in [-0.3, -0.25) is 4.79 Å². The number of rotatable bonds is 4. The Balaban J connectivity index is 1.60. The zero-order valence-corrected chi connectivity index (χ0v) is 11.1. The van der Waals surface area contributed by atoms with E-state index in [-0.39, 0.29) is 11.6 Å². The quantitative estimate of drug-likeness (QED) is 0.866. The molecule has 1 aromatic heterocycles. The van der Waals surface area contributed by atoms with E-state index in [2.05, 4.69) is 10.6 Å². The lowest BCUT2D eigenvalue weighted by Gasteiger charge is -2.18. The number of anilines is 1. The van der Waals surface area contributed by atoms with E-state index in [1.807, 2.05) is 0 Å². The van der Waals surface area contributed by atoms with E-state index in [1.54, 1.807) is 19.3 Å². The molecule has 1 heterocycles. The van der Waals surface area contributed by atoms with Crippen LogP contribution in [-0.4, -0.2) is 16.6 Å². The lowest BCUT2D eigenvalue weighted by Crippen LogP contribution is -2.40. The van der Waals surface area contributed by atoms with Crippen LogP contribution in [0.15, 0.2) is 23.1 Å². The van der Waals surface area contributed by atoms with Crippen molar-refractivity contribution in [2.45, 2.75) is 31.7 Å². The molecule has 2 aliphatic rings. The molecule has 2 aliphatic carbocycles. The zero-order valence-electron chi connectivity index (χ0n) is 11.1. The summed E-state index contributed by atoms with van der Waals surface area (Å²) in [7, 11) is 1.67. The van der Waals surface area contributed by atoms with Crippen molar-refractivity contribution >= 4 is 11.7 Å². The second-order valence-electron chi connectivity index (χ2n) is 5.67. The average Bonchev–Trinajstić information content (AvgIpc) is 3.25. The zero-order chi connectivity index (χ0) is 13.4. The number of aromatic nitrogens is 1. The number of hydrogen-bond acceptors (Lipinski definition) is 2. The lowest BCUT2D eigenvalue weighted by atomic mass is 10.1. The predicted molar refractivity (Wildman–Crippen MR) is 73.1 cm³/mol. The van der Waals surface area contributed by atoms with Gasteiger partial charge in [0.15, 0.2) is 0 Å². The van der Waals surface area contributed by atoms with Gasteiger partial charge in [-0.25, -0.2) is 4.79 Å². The van der Waals surface area contributed by atoms with Crippen molar-refractivity contribution in [2.24, 2.45) is 18.9 Å². The van der Waals surface area contributed by atoms with Crippen LogP contribution < -0.4 is 16.2 Å². The van der Waals surface area contributed by atoms with E-state index in [4.69, 9.17) is 0 Å². The first-order valence-electron chi connectivity index (χ1n) is 6.87. The van der Waals surface area contributed by atoms with Crippen LogP contribution in [-0.2, 0) is 7.05 Å². The predicted octanol–water partition coefficient (Wildman–Crippen LogP) is 1.70. The Morgan fingerprint density at radius 2 is 1.89 bits per heavy atom. The number of nitrogens with one attached hydrogen (secondary N) is 2. The fraction of sp³-hybridized carbons (Fsp3) is 0.571. The standard InChI is InChI=1S/C14H19N3O2/c1-17-8-11(6-7-12(17)18)15-14(19)16-13(9-2-3-9)10-4-5-10/h6-10,13H,2-5H2,1H3,(H2,15,16,19). The van der Waals surface area contributed by atoms with Crippen LogP contribution in [0.25, 0.3) is 0 Å². The fourth-order valence-corrected chi connectivity index (χ4v) is 2.52. The summed E-state index contributed by atoms with van der Waals surface area (Å²) in [5, 5.41) is 5.88. The number of pyridine rings is 1. The summed E-state index contributed by atoms with van der Waals surface area (Å²) in [4.78, 5) is 23.2. The van der Waals surface area contributed by atoms with Gasteiger partial charge in [0.05, 0.1) is 5.69 Å². The Kier molecular flexibility index (Phi) is 3.05. The van der Waals surface area contributed by atoms with Gasteiger partial charge in [0.25, 0.3) is 0 Å². The molecule has 0 spiro atoms. The average molecular weight is 261 g/mol. The Labute approximate surface area is 112 Å². The molecule has 0 radical (unpaired) electrons. The fourth-order valence-electron chi connectivity index (χ4n) is 2.52. The summed E-state index contributed by atoms with van der Waals surface area (Å²) < 4.78 is 1.45. The van der Waals surface area contributed by atoms with Gasteiger partial charge in [0, 0.05) is 25.4 Å². The van der Waals surface area contributed by atoms with E-state index in [9.17, 15) is 9.59 Å². The molecule has 0 bridgehead atoms. The normalized spacial score (nSPS) is 18.4. The van der Waals surface area contributed by atoms with E-state index >= 15 is 0 Å². The minimum Gasteiger partial charge on any atom is -0.335 e. The third kappa shape index (κ3) is 2.97. The molecular weight excluding hydrogens is 242 g/mol. The smallest absolute Gasteiger partial charge is 0.319 e. The van der Waals surface area contributed by atoms with Gasteiger partial charge < -0.3 is 15.2 Å². The largest absolute Gasteiger partial charge is 0.335 e. The van der Waals surface area contributed by atoms with Crippen LogP contribution in [0.4, 0.5) is 10.5 Å². The van der Waals surface area contributed by atoms with E-state index in [0.717, 1.165) is 0 Å². The molecular formula is C14H19N3O2. The third-order valence-corrected chi connectivity index (χ3v) is 3.90. The van der Waals surface area contributed by atoms with Crippen LogP contribution in [0.1, 0.15) is 25.7 Å². The highest BCUT2D eigenvalue weighted by Gasteiger charge is 2.42. The van der Waals surface area contributed by atoms with Crippen molar-refractivity contribution in [3.8, 4) is 0 Å². The SMILES string of the molecule is Cn1cc(NC(=O)NC(C2CC2)C2CC2)ccc1=O. The number of hydrogen-bond donors (Lipinski definition) is 2. The van der Waals surface area contributed by atoms with E-state index < -0.39 is 0 Å². The van der Waals surface area contributed by atoms with Crippen molar-refractivity contribution in [1.29, 1.82) is 0 Å². The van der Waals surface area contributed by atoms with Gasteiger partial charge in [-0.05, 0) is 43.6 Å². The van der Waals surface area contributed by atoms with E-state index in [1.165, 1.54) is 36.3 Å². The second kappa shape index (κ2) is 4.72. The number of aryl methyl sites for hydroxylation is 1. The van der Waals surface area contributed by atoms with Gasteiger partial charge in [0.2, 0.25) is 5.56 Å². The molecule has 2 N–H and O–H groups in total. The molecule has 2 amide bonds. The summed E-state index contributed by atoms with van der Waals surface area (Å²) >= 11 is 0. The maximum atomic E-state index is 12.0. The summed E-state index contributed by atoms with van der Waals surface area (Å²) in [5.41, 5.74) is 0.560. The molecule has 0 aliphatic heterocycles. The van der Waals surface area contributed by atoms with Gasteiger partial charge in [0.1, 0.15) is 0 Å². The molecule has 0 unspecified atom stereocenters. The molecule has 19 heavy (non-hydrogen) atoms. The van der Waals surface area contributed by atoms with Crippen LogP contribution in [0.3, 0.4) is 0 Å².